The number of methoxy groups -OCH3 is 1. The van der Waals surface area contributed by atoms with Crippen LogP contribution in [-0.2, 0) is 4.74 Å². The van der Waals surface area contributed by atoms with Crippen molar-refractivity contribution in [2.45, 2.75) is 37.9 Å². The SMILES string of the molecule is COC(=O)c1ccc2sc(C)c(-c3ccc(OC4CCSC(O)(O)C4)cc3C)c2c1. The molecule has 0 aliphatic carbocycles. The first-order chi connectivity index (χ1) is 14.3. The normalized spacial score (nSPS) is 18.4. The van der Waals surface area contributed by atoms with Gasteiger partial charge in [-0.3, -0.25) is 0 Å². The fraction of sp³-hybridized carbons (Fsp3) is 0.348. The molecular formula is C23H24O5S2. The molecule has 1 saturated heterocycles. The zero-order valence-electron chi connectivity index (χ0n) is 17.1. The molecule has 4 rings (SSSR count). The summed E-state index contributed by atoms with van der Waals surface area (Å²) in [4.78, 5) is 13.2. The van der Waals surface area contributed by atoms with Gasteiger partial charge in [0.2, 0.25) is 5.12 Å². The third kappa shape index (κ3) is 4.21. The van der Waals surface area contributed by atoms with Crippen molar-refractivity contribution in [3.8, 4) is 16.9 Å². The zero-order valence-corrected chi connectivity index (χ0v) is 18.7. The Morgan fingerprint density at radius 2 is 1.97 bits per heavy atom. The highest BCUT2D eigenvalue weighted by molar-refractivity contribution is 8.00. The van der Waals surface area contributed by atoms with Crippen LogP contribution < -0.4 is 4.74 Å². The van der Waals surface area contributed by atoms with Crippen LogP contribution in [0.2, 0.25) is 0 Å². The van der Waals surface area contributed by atoms with E-state index < -0.39 is 5.12 Å². The zero-order chi connectivity index (χ0) is 21.5. The molecule has 1 fully saturated rings. The van der Waals surface area contributed by atoms with Gasteiger partial charge in [0.15, 0.2) is 0 Å². The molecule has 2 heterocycles. The summed E-state index contributed by atoms with van der Waals surface area (Å²) in [6, 6.07) is 11.6. The van der Waals surface area contributed by atoms with Gasteiger partial charge in [0.25, 0.3) is 0 Å². The van der Waals surface area contributed by atoms with Crippen LogP contribution in [0.1, 0.15) is 33.6 Å². The highest BCUT2D eigenvalue weighted by Crippen LogP contribution is 2.41. The van der Waals surface area contributed by atoms with Crippen molar-refractivity contribution >= 4 is 39.2 Å². The van der Waals surface area contributed by atoms with E-state index in [1.165, 1.54) is 12.0 Å². The molecule has 30 heavy (non-hydrogen) atoms. The van der Waals surface area contributed by atoms with Gasteiger partial charge in [-0.1, -0.05) is 17.8 Å². The number of carbonyl (C=O) groups excluding carboxylic acids is 1. The van der Waals surface area contributed by atoms with Gasteiger partial charge >= 0.3 is 5.97 Å². The summed E-state index contributed by atoms with van der Waals surface area (Å²) in [5.41, 5.74) is 3.80. The van der Waals surface area contributed by atoms with Crippen LogP contribution in [0, 0.1) is 13.8 Å². The lowest BCUT2D eigenvalue weighted by atomic mass is 9.97. The van der Waals surface area contributed by atoms with Crippen molar-refractivity contribution in [2.24, 2.45) is 0 Å². The maximum Gasteiger partial charge on any atom is 0.337 e. The van der Waals surface area contributed by atoms with E-state index in [9.17, 15) is 15.0 Å². The predicted molar refractivity (Wildman–Crippen MR) is 121 cm³/mol. The Bertz CT molecular complexity index is 1100. The van der Waals surface area contributed by atoms with Crippen molar-refractivity contribution in [2.75, 3.05) is 12.9 Å². The number of thiophene rings is 1. The van der Waals surface area contributed by atoms with Gasteiger partial charge in [-0.15, -0.1) is 11.3 Å². The van der Waals surface area contributed by atoms with E-state index in [0.717, 1.165) is 50.7 Å². The molecular weight excluding hydrogens is 420 g/mol. The van der Waals surface area contributed by atoms with Crippen LogP contribution in [0.4, 0.5) is 0 Å². The van der Waals surface area contributed by atoms with Gasteiger partial charge < -0.3 is 19.7 Å². The summed E-state index contributed by atoms with van der Waals surface area (Å²) in [6.07, 6.45) is 0.736. The number of aryl methyl sites for hydroxylation is 2. The maximum atomic E-state index is 12.0. The van der Waals surface area contributed by atoms with Gasteiger partial charge in [-0.2, -0.15) is 0 Å². The van der Waals surface area contributed by atoms with Crippen LogP contribution in [0.3, 0.4) is 0 Å². The Labute approximate surface area is 183 Å². The molecule has 3 aromatic rings. The van der Waals surface area contributed by atoms with Crippen molar-refractivity contribution in [1.29, 1.82) is 0 Å². The van der Waals surface area contributed by atoms with E-state index in [1.807, 2.05) is 37.3 Å². The Balaban J connectivity index is 1.67. The van der Waals surface area contributed by atoms with Gasteiger partial charge in [-0.05, 0) is 61.7 Å². The van der Waals surface area contributed by atoms with E-state index in [2.05, 4.69) is 6.92 Å². The summed E-state index contributed by atoms with van der Waals surface area (Å²) >= 11 is 2.85. The van der Waals surface area contributed by atoms with E-state index in [-0.39, 0.29) is 18.5 Å². The van der Waals surface area contributed by atoms with Crippen LogP contribution in [0.15, 0.2) is 36.4 Å². The largest absolute Gasteiger partial charge is 0.490 e. The van der Waals surface area contributed by atoms with E-state index in [0.29, 0.717) is 11.3 Å². The number of aliphatic hydroxyl groups is 2. The molecule has 0 radical (unpaired) electrons. The molecule has 158 valence electrons. The molecule has 2 aromatic carbocycles. The third-order valence-electron chi connectivity index (χ3n) is 5.32. The Morgan fingerprint density at radius 3 is 2.67 bits per heavy atom. The predicted octanol–water partition coefficient (Wildman–Crippen LogP) is 4.88. The summed E-state index contributed by atoms with van der Waals surface area (Å²) in [6.45, 7) is 4.12. The van der Waals surface area contributed by atoms with Gasteiger partial charge in [0.05, 0.1) is 12.7 Å². The van der Waals surface area contributed by atoms with Crippen LogP contribution in [0.25, 0.3) is 21.2 Å². The van der Waals surface area contributed by atoms with Crippen molar-refractivity contribution in [3.63, 3.8) is 0 Å². The highest BCUT2D eigenvalue weighted by Gasteiger charge is 2.34. The molecule has 2 N–H and O–H groups in total. The second-order valence-electron chi connectivity index (χ2n) is 7.54. The third-order valence-corrected chi connectivity index (χ3v) is 7.48. The molecule has 7 heteroatoms. The molecule has 1 unspecified atom stereocenters. The van der Waals surface area contributed by atoms with E-state index in [1.54, 1.807) is 17.4 Å². The first kappa shape index (κ1) is 21.2. The second-order valence-corrected chi connectivity index (χ2v) is 10.1. The number of esters is 1. The minimum Gasteiger partial charge on any atom is -0.490 e. The summed E-state index contributed by atoms with van der Waals surface area (Å²) in [5, 5.41) is 19.0. The minimum absolute atomic E-state index is 0.184. The van der Waals surface area contributed by atoms with E-state index in [4.69, 9.17) is 9.47 Å². The number of carbonyl (C=O) groups is 1. The Morgan fingerprint density at radius 1 is 1.17 bits per heavy atom. The van der Waals surface area contributed by atoms with Gasteiger partial charge in [-0.25, -0.2) is 4.79 Å². The van der Waals surface area contributed by atoms with Gasteiger partial charge in [0, 0.05) is 32.7 Å². The van der Waals surface area contributed by atoms with Crippen molar-refractivity contribution < 1.29 is 24.5 Å². The first-order valence-electron chi connectivity index (χ1n) is 9.75. The number of ether oxygens (including phenoxy) is 2. The lowest BCUT2D eigenvalue weighted by Crippen LogP contribution is -2.37. The van der Waals surface area contributed by atoms with Crippen LogP contribution in [-0.4, -0.2) is 40.3 Å². The average molecular weight is 445 g/mol. The molecule has 1 aliphatic rings. The Hall–Kier alpha value is -2.06. The van der Waals surface area contributed by atoms with E-state index >= 15 is 0 Å². The monoisotopic (exact) mass is 444 g/mol. The smallest absolute Gasteiger partial charge is 0.337 e. The fourth-order valence-electron chi connectivity index (χ4n) is 3.89. The Kier molecular flexibility index (Phi) is 5.81. The number of hydrogen-bond donors (Lipinski definition) is 2. The van der Waals surface area contributed by atoms with Crippen molar-refractivity contribution in [1.82, 2.24) is 0 Å². The second kappa shape index (κ2) is 8.23. The molecule has 0 bridgehead atoms. The molecule has 1 aliphatic heterocycles. The summed E-state index contributed by atoms with van der Waals surface area (Å²) < 4.78 is 12.0. The number of thioether (sulfide) groups is 1. The van der Waals surface area contributed by atoms with Crippen molar-refractivity contribution in [3.05, 3.63) is 52.4 Å². The molecule has 0 saturated carbocycles. The van der Waals surface area contributed by atoms with Crippen LogP contribution >= 0.6 is 23.1 Å². The molecule has 0 amide bonds. The molecule has 0 spiro atoms. The molecule has 5 nitrogen and oxygen atoms in total. The van der Waals surface area contributed by atoms with Gasteiger partial charge in [0.1, 0.15) is 11.9 Å². The average Bonchev–Trinajstić information content (AvgIpc) is 3.01. The topological polar surface area (TPSA) is 76.0 Å². The molecule has 1 atom stereocenters. The van der Waals surface area contributed by atoms with Crippen LogP contribution in [0.5, 0.6) is 5.75 Å². The number of fused-ring (bicyclic) bond motifs is 1. The number of hydrogen-bond acceptors (Lipinski definition) is 7. The highest BCUT2D eigenvalue weighted by atomic mass is 32.2. The minimum atomic E-state index is -1.72. The quantitative estimate of drug-likeness (QED) is 0.441. The summed E-state index contributed by atoms with van der Waals surface area (Å²) in [5.74, 6) is 1.02. The number of rotatable bonds is 4. The maximum absolute atomic E-state index is 12.0. The standard InChI is InChI=1S/C23H24O5S2/c1-13-10-16(28-17-8-9-29-23(25,26)12-17)5-6-18(13)21-14(2)30-20-7-4-15(11-19(20)21)22(24)27-3/h4-7,10-11,17,25-26H,8-9,12H2,1-3H3. The number of benzene rings is 2. The first-order valence-corrected chi connectivity index (χ1v) is 11.6. The summed E-state index contributed by atoms with van der Waals surface area (Å²) in [7, 11) is 1.39. The lowest BCUT2D eigenvalue weighted by Gasteiger charge is -2.32. The fourth-order valence-corrected chi connectivity index (χ4v) is 5.96. The lowest BCUT2D eigenvalue weighted by molar-refractivity contribution is -0.103. The molecule has 1 aromatic heterocycles.